The molecule has 0 spiro atoms. The Morgan fingerprint density at radius 1 is 1.00 bits per heavy atom. The predicted octanol–water partition coefficient (Wildman–Crippen LogP) is 7.22. The molecule has 2 heterocycles. The number of carbonyl (C=O) groups excluding carboxylic acids is 1. The second-order valence-corrected chi connectivity index (χ2v) is 9.72. The van der Waals surface area contributed by atoms with Gasteiger partial charge in [-0.3, -0.25) is 20.2 Å². The van der Waals surface area contributed by atoms with Crippen LogP contribution in [-0.4, -0.2) is 20.9 Å². The lowest BCUT2D eigenvalue weighted by molar-refractivity contribution is -0.384. The first-order valence-corrected chi connectivity index (χ1v) is 12.6. The smallest absolute Gasteiger partial charge is 0.293 e. The predicted molar refractivity (Wildman–Crippen MR) is 153 cm³/mol. The molecule has 0 aliphatic heterocycles. The Morgan fingerprint density at radius 3 is 2.59 bits per heavy atom. The fourth-order valence-corrected chi connectivity index (χ4v) is 4.23. The summed E-state index contributed by atoms with van der Waals surface area (Å²) in [6.07, 6.45) is 0. The average molecular weight is 541 g/mol. The van der Waals surface area contributed by atoms with E-state index in [1.54, 1.807) is 18.2 Å². The van der Waals surface area contributed by atoms with Gasteiger partial charge in [-0.2, -0.15) is 0 Å². The molecule has 9 nitrogen and oxygen atoms in total. The van der Waals surface area contributed by atoms with Crippen LogP contribution in [0, 0.1) is 17.0 Å². The Morgan fingerprint density at radius 2 is 1.82 bits per heavy atom. The van der Waals surface area contributed by atoms with E-state index in [1.807, 2.05) is 43.3 Å². The zero-order chi connectivity index (χ0) is 27.7. The van der Waals surface area contributed by atoms with E-state index in [9.17, 15) is 14.9 Å². The van der Waals surface area contributed by atoms with Crippen molar-refractivity contribution in [3.05, 3.63) is 99.8 Å². The SMILES string of the molecule is Cc1ccc(-c2nc3cc(C(C)C)ccc3o2)cc1NC(=S)NC(=O)c1ccc(-c2cccc([N+](=O)[O-])c2)o1. The van der Waals surface area contributed by atoms with Gasteiger partial charge in [0.2, 0.25) is 5.89 Å². The molecule has 5 rings (SSSR count). The molecule has 0 atom stereocenters. The van der Waals surface area contributed by atoms with Crippen LogP contribution in [-0.2, 0) is 0 Å². The van der Waals surface area contributed by atoms with E-state index >= 15 is 0 Å². The molecule has 0 radical (unpaired) electrons. The zero-order valence-electron chi connectivity index (χ0n) is 21.3. The van der Waals surface area contributed by atoms with E-state index in [4.69, 9.17) is 21.1 Å². The molecular weight excluding hydrogens is 516 g/mol. The van der Waals surface area contributed by atoms with E-state index in [0.717, 1.165) is 16.6 Å². The molecule has 0 unspecified atom stereocenters. The molecule has 39 heavy (non-hydrogen) atoms. The summed E-state index contributed by atoms with van der Waals surface area (Å²) < 4.78 is 11.6. The number of hydrogen-bond donors (Lipinski definition) is 2. The van der Waals surface area contributed by atoms with Crippen LogP contribution >= 0.6 is 12.2 Å². The van der Waals surface area contributed by atoms with Crippen molar-refractivity contribution in [1.82, 2.24) is 10.3 Å². The maximum Gasteiger partial charge on any atom is 0.293 e. The van der Waals surface area contributed by atoms with Gasteiger partial charge < -0.3 is 14.2 Å². The van der Waals surface area contributed by atoms with Gasteiger partial charge in [0.25, 0.3) is 11.6 Å². The Labute approximate surface area is 229 Å². The summed E-state index contributed by atoms with van der Waals surface area (Å²) in [5, 5.41) is 16.8. The summed E-state index contributed by atoms with van der Waals surface area (Å²) in [5.41, 5.74) is 5.43. The van der Waals surface area contributed by atoms with Gasteiger partial charge in [0.1, 0.15) is 11.3 Å². The molecule has 5 aromatic rings. The highest BCUT2D eigenvalue weighted by molar-refractivity contribution is 7.80. The number of rotatable bonds is 6. The van der Waals surface area contributed by atoms with E-state index in [1.165, 1.54) is 23.8 Å². The highest BCUT2D eigenvalue weighted by atomic mass is 32.1. The number of nitro groups is 1. The Bertz CT molecular complexity index is 1740. The van der Waals surface area contributed by atoms with Crippen molar-refractivity contribution >= 4 is 45.7 Å². The van der Waals surface area contributed by atoms with Crippen molar-refractivity contribution in [3.63, 3.8) is 0 Å². The number of benzene rings is 3. The molecule has 0 aliphatic carbocycles. The molecule has 0 fully saturated rings. The molecule has 1 amide bonds. The number of oxazole rings is 1. The number of aromatic nitrogens is 1. The number of aryl methyl sites for hydroxylation is 1. The van der Waals surface area contributed by atoms with E-state index in [-0.39, 0.29) is 16.6 Å². The fourth-order valence-electron chi connectivity index (χ4n) is 4.02. The summed E-state index contributed by atoms with van der Waals surface area (Å²) in [7, 11) is 0. The molecule has 10 heteroatoms. The van der Waals surface area contributed by atoms with Crippen molar-refractivity contribution in [2.45, 2.75) is 26.7 Å². The Kier molecular flexibility index (Phi) is 6.95. The maximum absolute atomic E-state index is 12.7. The monoisotopic (exact) mass is 540 g/mol. The van der Waals surface area contributed by atoms with Crippen molar-refractivity contribution in [3.8, 4) is 22.8 Å². The minimum absolute atomic E-state index is 0.0124. The number of nitro benzene ring substituents is 1. The number of furan rings is 1. The third kappa shape index (κ3) is 5.55. The minimum Gasteiger partial charge on any atom is -0.451 e. The first-order valence-electron chi connectivity index (χ1n) is 12.2. The van der Waals surface area contributed by atoms with E-state index in [0.29, 0.717) is 34.4 Å². The molecule has 0 saturated carbocycles. The standard InChI is InChI=1S/C29H24N4O5S/c1-16(2)18-9-10-25-23(14-18)30-28(38-25)20-8-7-17(3)22(15-20)31-29(39)32-27(34)26-12-11-24(37-26)19-5-4-6-21(13-19)33(35)36/h4-16H,1-3H3,(H2,31,32,34,39). The van der Waals surface area contributed by atoms with Crippen LogP contribution in [0.15, 0.2) is 81.6 Å². The topological polar surface area (TPSA) is 123 Å². The van der Waals surface area contributed by atoms with Crippen LogP contribution in [0.3, 0.4) is 0 Å². The fraction of sp³-hybridized carbons (Fsp3) is 0.138. The van der Waals surface area contributed by atoms with Gasteiger partial charge in [0.15, 0.2) is 16.5 Å². The molecule has 3 aromatic carbocycles. The van der Waals surface area contributed by atoms with Crippen molar-refractivity contribution < 1.29 is 18.6 Å². The van der Waals surface area contributed by atoms with Crippen molar-refractivity contribution in [2.24, 2.45) is 0 Å². The van der Waals surface area contributed by atoms with Gasteiger partial charge >= 0.3 is 0 Å². The highest BCUT2D eigenvalue weighted by Crippen LogP contribution is 2.30. The van der Waals surface area contributed by atoms with Crippen LogP contribution in [0.1, 0.15) is 41.4 Å². The Hall–Kier alpha value is -4.83. The molecular formula is C29H24N4O5S. The van der Waals surface area contributed by atoms with Crippen LogP contribution < -0.4 is 10.6 Å². The summed E-state index contributed by atoms with van der Waals surface area (Å²) in [4.78, 5) is 28.0. The largest absolute Gasteiger partial charge is 0.451 e. The molecule has 0 bridgehead atoms. The van der Waals surface area contributed by atoms with Crippen molar-refractivity contribution in [1.29, 1.82) is 0 Å². The number of carbonyl (C=O) groups is 1. The van der Waals surface area contributed by atoms with Gasteiger partial charge in [0.05, 0.1) is 4.92 Å². The molecule has 0 aliphatic rings. The third-order valence-corrected chi connectivity index (χ3v) is 6.41. The lowest BCUT2D eigenvalue weighted by Crippen LogP contribution is -2.34. The second kappa shape index (κ2) is 10.5. The molecule has 0 saturated heterocycles. The van der Waals surface area contributed by atoms with Crippen LogP contribution in [0.2, 0.25) is 0 Å². The second-order valence-electron chi connectivity index (χ2n) is 9.31. The summed E-state index contributed by atoms with van der Waals surface area (Å²) in [6, 6.07) is 20.7. The number of thiocarbonyl (C=S) groups is 1. The quantitative estimate of drug-likeness (QED) is 0.131. The lowest BCUT2D eigenvalue weighted by Gasteiger charge is -2.12. The van der Waals surface area contributed by atoms with Crippen LogP contribution in [0.5, 0.6) is 0 Å². The molecule has 2 N–H and O–H groups in total. The third-order valence-electron chi connectivity index (χ3n) is 6.21. The number of hydrogen-bond acceptors (Lipinski definition) is 7. The van der Waals surface area contributed by atoms with Crippen LogP contribution in [0.4, 0.5) is 11.4 Å². The normalized spacial score (nSPS) is 11.1. The number of nitrogens with zero attached hydrogens (tertiary/aromatic N) is 2. The molecule has 2 aromatic heterocycles. The van der Waals surface area contributed by atoms with Gasteiger partial charge in [-0.1, -0.05) is 38.1 Å². The van der Waals surface area contributed by atoms with Gasteiger partial charge in [-0.05, 0) is 72.6 Å². The summed E-state index contributed by atoms with van der Waals surface area (Å²) in [6.45, 7) is 6.17. The summed E-state index contributed by atoms with van der Waals surface area (Å²) >= 11 is 5.37. The number of anilines is 1. The van der Waals surface area contributed by atoms with Gasteiger partial charge in [0, 0.05) is 28.9 Å². The van der Waals surface area contributed by atoms with Crippen LogP contribution in [0.25, 0.3) is 33.9 Å². The lowest BCUT2D eigenvalue weighted by atomic mass is 10.0. The first kappa shape index (κ1) is 25.8. The number of fused-ring (bicyclic) bond motifs is 1. The van der Waals surface area contributed by atoms with Crippen molar-refractivity contribution in [2.75, 3.05) is 5.32 Å². The first-order chi connectivity index (χ1) is 18.7. The maximum atomic E-state index is 12.7. The summed E-state index contributed by atoms with van der Waals surface area (Å²) in [5.74, 6) is 0.642. The minimum atomic E-state index is -0.558. The highest BCUT2D eigenvalue weighted by Gasteiger charge is 2.17. The average Bonchev–Trinajstić information content (AvgIpc) is 3.57. The number of amides is 1. The van der Waals surface area contributed by atoms with Gasteiger partial charge in [-0.25, -0.2) is 4.98 Å². The number of non-ortho nitro benzene ring substituents is 1. The molecule has 196 valence electrons. The number of nitrogens with one attached hydrogen (secondary N) is 2. The van der Waals surface area contributed by atoms with Gasteiger partial charge in [-0.15, -0.1) is 0 Å². The van der Waals surface area contributed by atoms with E-state index in [2.05, 4.69) is 29.5 Å². The van der Waals surface area contributed by atoms with E-state index < -0.39 is 10.8 Å². The Balaban J connectivity index is 1.29. The zero-order valence-corrected chi connectivity index (χ0v) is 22.2.